The Morgan fingerprint density at radius 1 is 0.909 bits per heavy atom. The molecule has 1 aromatic heterocycles. The predicted molar refractivity (Wildman–Crippen MR) is 127 cm³/mol. The van der Waals surface area contributed by atoms with E-state index < -0.39 is 0 Å². The first-order valence-electron chi connectivity index (χ1n) is 9.77. The molecule has 4 aromatic rings. The normalized spacial score (nSPS) is 10.6. The molecule has 1 heterocycles. The molecule has 0 aliphatic rings. The maximum atomic E-state index is 10.7. The Balaban J connectivity index is 1.56. The largest absolute Gasteiger partial charge is 0.507 e. The van der Waals surface area contributed by atoms with Gasteiger partial charge in [-0.3, -0.25) is 0 Å². The third kappa shape index (κ3) is 5.39. The van der Waals surface area contributed by atoms with Gasteiger partial charge in [-0.05, 0) is 54.1 Å². The van der Waals surface area contributed by atoms with Gasteiger partial charge in [0.15, 0.2) is 5.75 Å². The number of anilines is 1. The van der Waals surface area contributed by atoms with Crippen molar-refractivity contribution in [3.05, 3.63) is 82.5 Å². The maximum Gasteiger partial charge on any atom is 0.220 e. The van der Waals surface area contributed by atoms with Crippen LogP contribution in [0.15, 0.2) is 66.9 Å². The molecule has 0 spiro atoms. The van der Waals surface area contributed by atoms with Crippen molar-refractivity contribution in [1.82, 2.24) is 9.97 Å². The smallest absolute Gasteiger partial charge is 0.220 e. The number of benzene rings is 3. The van der Waals surface area contributed by atoms with E-state index in [0.717, 1.165) is 5.56 Å². The van der Waals surface area contributed by atoms with Gasteiger partial charge in [0, 0.05) is 11.6 Å². The van der Waals surface area contributed by atoms with Crippen molar-refractivity contribution < 1.29 is 19.3 Å². The van der Waals surface area contributed by atoms with Crippen LogP contribution in [-0.2, 0) is 6.61 Å². The fraction of sp³-hybridized carbons (Fsp3) is 0.0833. The van der Waals surface area contributed by atoms with Gasteiger partial charge in [-0.1, -0.05) is 29.3 Å². The van der Waals surface area contributed by atoms with Gasteiger partial charge in [0.25, 0.3) is 0 Å². The van der Waals surface area contributed by atoms with Crippen molar-refractivity contribution in [2.24, 2.45) is 0 Å². The molecule has 0 amide bonds. The summed E-state index contributed by atoms with van der Waals surface area (Å²) in [6.45, 7) is 0.252. The van der Waals surface area contributed by atoms with Gasteiger partial charge in [0.1, 0.15) is 35.3 Å². The zero-order valence-electron chi connectivity index (χ0n) is 17.5. The van der Waals surface area contributed by atoms with Crippen LogP contribution >= 0.6 is 23.2 Å². The topological polar surface area (TPSA) is 99.7 Å². The number of nitrogens with two attached hydrogens (primary N) is 1. The van der Waals surface area contributed by atoms with E-state index in [-0.39, 0.29) is 18.3 Å². The zero-order chi connectivity index (χ0) is 23.4. The van der Waals surface area contributed by atoms with Gasteiger partial charge in [-0.2, -0.15) is 0 Å². The lowest BCUT2D eigenvalue weighted by molar-refractivity contribution is 0.304. The number of aromatic nitrogens is 2. The minimum Gasteiger partial charge on any atom is -0.507 e. The average Bonchev–Trinajstić information content (AvgIpc) is 2.81. The van der Waals surface area contributed by atoms with Crippen molar-refractivity contribution in [2.45, 2.75) is 6.61 Å². The Bertz CT molecular complexity index is 1280. The zero-order valence-corrected chi connectivity index (χ0v) is 19.0. The molecule has 0 aliphatic carbocycles. The highest BCUT2D eigenvalue weighted by atomic mass is 35.5. The molecule has 0 saturated heterocycles. The van der Waals surface area contributed by atoms with Gasteiger partial charge >= 0.3 is 0 Å². The van der Waals surface area contributed by atoms with Crippen molar-refractivity contribution in [3.63, 3.8) is 0 Å². The summed E-state index contributed by atoms with van der Waals surface area (Å²) >= 11 is 12.0. The van der Waals surface area contributed by atoms with Gasteiger partial charge in [-0.15, -0.1) is 0 Å². The van der Waals surface area contributed by atoms with E-state index in [9.17, 15) is 5.11 Å². The van der Waals surface area contributed by atoms with E-state index in [4.69, 9.17) is 43.1 Å². The predicted octanol–water partition coefficient (Wildman–Crippen LogP) is 6.12. The summed E-state index contributed by atoms with van der Waals surface area (Å²) in [6.07, 6.45) is 1.45. The second-order valence-corrected chi connectivity index (χ2v) is 7.75. The number of ether oxygens (including phenoxy) is 3. The summed E-state index contributed by atoms with van der Waals surface area (Å²) in [5.41, 5.74) is 7.38. The first-order valence-corrected chi connectivity index (χ1v) is 10.5. The van der Waals surface area contributed by atoms with E-state index in [1.807, 2.05) is 6.07 Å². The lowest BCUT2D eigenvalue weighted by Crippen LogP contribution is -2.00. The monoisotopic (exact) mass is 483 g/mol. The van der Waals surface area contributed by atoms with Crippen LogP contribution in [0.1, 0.15) is 5.56 Å². The first-order chi connectivity index (χ1) is 15.9. The number of hydrogen-bond donors (Lipinski definition) is 2. The Morgan fingerprint density at radius 2 is 1.64 bits per heavy atom. The SMILES string of the molecule is COc1ccc(Oc2cnc(N)nc2-c2ccc(OCc3ccc(Cl)c(Cl)c3)cc2O)cc1. The molecule has 7 nitrogen and oxygen atoms in total. The fourth-order valence-electron chi connectivity index (χ4n) is 3.02. The fourth-order valence-corrected chi connectivity index (χ4v) is 3.34. The Labute approximate surface area is 200 Å². The molecule has 0 radical (unpaired) electrons. The summed E-state index contributed by atoms with van der Waals surface area (Å²) in [5, 5.41) is 11.6. The highest BCUT2D eigenvalue weighted by molar-refractivity contribution is 6.42. The lowest BCUT2D eigenvalue weighted by atomic mass is 10.1. The highest BCUT2D eigenvalue weighted by Crippen LogP contribution is 2.38. The van der Waals surface area contributed by atoms with E-state index in [0.29, 0.717) is 44.3 Å². The van der Waals surface area contributed by atoms with E-state index >= 15 is 0 Å². The molecule has 0 aliphatic heterocycles. The molecule has 0 unspecified atom stereocenters. The summed E-state index contributed by atoms with van der Waals surface area (Å²) < 4.78 is 16.9. The minimum absolute atomic E-state index is 0.0476. The summed E-state index contributed by atoms with van der Waals surface area (Å²) in [4.78, 5) is 8.27. The average molecular weight is 484 g/mol. The van der Waals surface area contributed by atoms with Crippen molar-refractivity contribution in [1.29, 1.82) is 0 Å². The minimum atomic E-state index is -0.0562. The van der Waals surface area contributed by atoms with E-state index in [2.05, 4.69) is 9.97 Å². The second kappa shape index (κ2) is 9.85. The molecule has 3 N–H and O–H groups in total. The summed E-state index contributed by atoms with van der Waals surface area (Å²) in [6, 6.07) is 17.1. The molecule has 0 fully saturated rings. The number of rotatable bonds is 7. The molecule has 168 valence electrons. The third-order valence-corrected chi connectivity index (χ3v) is 5.41. The number of nitrogen functional groups attached to an aromatic ring is 1. The van der Waals surface area contributed by atoms with Crippen LogP contribution in [0.4, 0.5) is 5.95 Å². The summed E-state index contributed by atoms with van der Waals surface area (Å²) in [5.74, 6) is 2.03. The molecule has 0 atom stereocenters. The van der Waals surface area contributed by atoms with Crippen LogP contribution in [0.3, 0.4) is 0 Å². The van der Waals surface area contributed by atoms with Crippen LogP contribution in [0.2, 0.25) is 10.0 Å². The molecular weight excluding hydrogens is 465 g/mol. The number of methoxy groups -OCH3 is 1. The van der Waals surface area contributed by atoms with Crippen LogP contribution in [0.5, 0.6) is 28.7 Å². The van der Waals surface area contributed by atoms with Gasteiger partial charge in [0.2, 0.25) is 5.95 Å². The first kappa shape index (κ1) is 22.5. The van der Waals surface area contributed by atoms with Crippen LogP contribution in [-0.4, -0.2) is 22.2 Å². The quantitative estimate of drug-likeness (QED) is 0.326. The number of phenols is 1. The van der Waals surface area contributed by atoms with Crippen LogP contribution in [0, 0.1) is 0 Å². The van der Waals surface area contributed by atoms with Crippen molar-refractivity contribution in [2.75, 3.05) is 12.8 Å². The molecule has 33 heavy (non-hydrogen) atoms. The molecule has 0 bridgehead atoms. The van der Waals surface area contributed by atoms with Gasteiger partial charge in [0.05, 0.1) is 23.4 Å². The van der Waals surface area contributed by atoms with Crippen LogP contribution in [0.25, 0.3) is 11.3 Å². The van der Waals surface area contributed by atoms with E-state index in [1.165, 1.54) is 12.3 Å². The molecule has 3 aromatic carbocycles. The Kier molecular flexibility index (Phi) is 6.72. The Hall–Kier alpha value is -3.68. The number of aromatic hydroxyl groups is 1. The van der Waals surface area contributed by atoms with Crippen molar-refractivity contribution >= 4 is 29.2 Å². The highest BCUT2D eigenvalue weighted by Gasteiger charge is 2.16. The number of phenolic OH excluding ortho intramolecular Hbond substituents is 1. The van der Waals surface area contributed by atoms with E-state index in [1.54, 1.807) is 55.6 Å². The molecule has 4 rings (SSSR count). The van der Waals surface area contributed by atoms with Crippen molar-refractivity contribution in [3.8, 4) is 40.0 Å². The third-order valence-electron chi connectivity index (χ3n) is 4.67. The molecule has 0 saturated carbocycles. The maximum absolute atomic E-state index is 10.7. The lowest BCUT2D eigenvalue weighted by Gasteiger charge is -2.13. The van der Waals surface area contributed by atoms with Crippen LogP contribution < -0.4 is 19.9 Å². The number of hydrogen-bond acceptors (Lipinski definition) is 7. The van der Waals surface area contributed by atoms with Gasteiger partial charge < -0.3 is 25.1 Å². The number of halogens is 2. The molecule has 9 heteroatoms. The summed E-state index contributed by atoms with van der Waals surface area (Å²) in [7, 11) is 1.59. The number of nitrogens with zero attached hydrogens (tertiary/aromatic N) is 2. The Morgan fingerprint density at radius 3 is 2.33 bits per heavy atom. The standard InChI is InChI=1S/C24H19Cl2N3O4/c1-31-15-3-5-16(6-4-15)33-22-12-28-24(27)29-23(22)18-8-7-17(11-21(18)30)32-13-14-2-9-19(25)20(26)10-14/h2-12,30H,13H2,1H3,(H2,27,28,29). The second-order valence-electron chi connectivity index (χ2n) is 6.93. The molecular formula is C24H19Cl2N3O4. The van der Waals surface area contributed by atoms with Gasteiger partial charge in [-0.25, -0.2) is 9.97 Å².